The summed E-state index contributed by atoms with van der Waals surface area (Å²) in [5.41, 5.74) is 0.590. The zero-order chi connectivity index (χ0) is 51.7. The van der Waals surface area contributed by atoms with E-state index in [0.29, 0.717) is 25.2 Å². The molecule has 398 valence electrons. The molecule has 0 radical (unpaired) electrons. The van der Waals surface area contributed by atoms with Crippen molar-refractivity contribution in [1.82, 2.24) is 44.5 Å². The highest BCUT2D eigenvalue weighted by Crippen LogP contribution is 2.39. The smallest absolute Gasteiger partial charge is 0.444 e. The third-order valence-electron chi connectivity index (χ3n) is 15.7. The minimum atomic E-state index is -0.465. The van der Waals surface area contributed by atoms with E-state index in [2.05, 4.69) is 121 Å². The lowest BCUT2D eigenvalue weighted by atomic mass is 9.82. The largest absolute Gasteiger partial charge is 0.498 e. The molecule has 9 heterocycles. The van der Waals surface area contributed by atoms with Crippen molar-refractivity contribution >= 4 is 67.8 Å². The molecule has 0 spiro atoms. The van der Waals surface area contributed by atoms with E-state index in [0.717, 1.165) is 81.1 Å². The summed E-state index contributed by atoms with van der Waals surface area (Å²) in [5, 5.41) is 17.0. The maximum atomic E-state index is 12.2. The van der Waals surface area contributed by atoms with E-state index < -0.39 is 12.7 Å². The van der Waals surface area contributed by atoms with Crippen LogP contribution in [0, 0.1) is 0 Å². The van der Waals surface area contributed by atoms with Crippen LogP contribution in [-0.2, 0) is 32.7 Å². The molecule has 17 nitrogen and oxygen atoms in total. The Hall–Kier alpha value is -2.65. The minimum absolute atomic E-state index is 0. The number of ether oxygens (including phenoxy) is 1. The number of piperidine rings is 3. The Balaban J connectivity index is 0.000000196. The first-order valence-electron chi connectivity index (χ1n) is 25.5. The fourth-order valence-electron chi connectivity index (χ4n) is 8.93. The average Bonchev–Trinajstić information content (AvgIpc) is 4.14. The average molecular weight is 1030 g/mol. The predicted octanol–water partition coefficient (Wildman–Crippen LogP) is 6.59. The zero-order valence-corrected chi connectivity index (χ0v) is 47.6. The molecule has 6 aliphatic heterocycles. The zero-order valence-electron chi connectivity index (χ0n) is 46.0. The monoisotopic (exact) mass is 1030 g/mol. The number of nitrogens with one attached hydrogen (secondary N) is 1. The van der Waals surface area contributed by atoms with Crippen molar-refractivity contribution in [3.63, 3.8) is 0 Å². The van der Waals surface area contributed by atoms with Crippen LogP contribution in [0.15, 0.2) is 37.2 Å². The number of alkyl halides is 1. The minimum Gasteiger partial charge on any atom is -0.444 e. The maximum Gasteiger partial charge on any atom is 0.498 e. The summed E-state index contributed by atoms with van der Waals surface area (Å²) in [6.45, 7) is 36.2. The number of rotatable bonds is 6. The summed E-state index contributed by atoms with van der Waals surface area (Å²) < 4.78 is 48.1. The molecule has 0 aromatic carbocycles. The molecule has 6 aliphatic rings. The number of carbonyl (C=O) groups is 1. The number of hydrogen-bond donors (Lipinski definition) is 1. The quantitative estimate of drug-likeness (QED) is 0.209. The number of likely N-dealkylation sites (tertiary alicyclic amines) is 2. The summed E-state index contributed by atoms with van der Waals surface area (Å²) in [6, 6.07) is 1.25. The maximum absolute atomic E-state index is 12.2. The molecular formula is C49H86B3Cl2N9O8. The molecule has 0 saturated carbocycles. The van der Waals surface area contributed by atoms with Crippen LogP contribution in [0.25, 0.3) is 0 Å². The lowest BCUT2D eigenvalue weighted by molar-refractivity contribution is 0.00578. The second kappa shape index (κ2) is 23.1. The third-order valence-corrected chi connectivity index (χ3v) is 15.7. The van der Waals surface area contributed by atoms with Gasteiger partial charge in [0.2, 0.25) is 0 Å². The van der Waals surface area contributed by atoms with Gasteiger partial charge in [-0.05, 0) is 176 Å². The van der Waals surface area contributed by atoms with Crippen LogP contribution in [0.5, 0.6) is 0 Å². The van der Waals surface area contributed by atoms with E-state index in [4.69, 9.17) is 32.7 Å². The van der Waals surface area contributed by atoms with Gasteiger partial charge in [-0.3, -0.25) is 14.0 Å². The van der Waals surface area contributed by atoms with E-state index in [1.807, 2.05) is 77.9 Å². The Bertz CT molecular complexity index is 2110. The topological polar surface area (TPSA) is 154 Å². The fourth-order valence-corrected chi connectivity index (χ4v) is 8.93. The number of halogens is 2. The lowest BCUT2D eigenvalue weighted by Crippen LogP contribution is -2.42. The van der Waals surface area contributed by atoms with Gasteiger partial charge in [0.1, 0.15) is 5.60 Å². The number of nitrogens with zero attached hydrogens (tertiary/aromatic N) is 8. The highest BCUT2D eigenvalue weighted by molar-refractivity contribution is 6.62. The molecule has 22 heteroatoms. The van der Waals surface area contributed by atoms with Crippen molar-refractivity contribution in [3.05, 3.63) is 37.2 Å². The Morgan fingerprint density at radius 2 is 0.845 bits per heavy atom. The van der Waals surface area contributed by atoms with Gasteiger partial charge in [0.15, 0.2) is 0 Å². The highest BCUT2D eigenvalue weighted by atomic mass is 35.5. The van der Waals surface area contributed by atoms with E-state index in [-0.39, 0.29) is 72.4 Å². The molecule has 0 bridgehead atoms. The van der Waals surface area contributed by atoms with Gasteiger partial charge in [-0.15, -0.1) is 24.0 Å². The van der Waals surface area contributed by atoms with Crippen molar-refractivity contribution in [2.75, 3.05) is 52.7 Å². The van der Waals surface area contributed by atoms with E-state index >= 15 is 0 Å². The fraction of sp³-hybridized carbons (Fsp3) is 0.796. The highest BCUT2D eigenvalue weighted by Gasteiger charge is 2.54. The normalized spacial score (nSPS) is 24.0. The van der Waals surface area contributed by atoms with Crippen LogP contribution < -0.4 is 21.7 Å². The van der Waals surface area contributed by atoms with Crippen LogP contribution in [0.1, 0.15) is 161 Å². The van der Waals surface area contributed by atoms with Gasteiger partial charge in [-0.25, -0.2) is 4.79 Å². The predicted molar refractivity (Wildman–Crippen MR) is 286 cm³/mol. The number of hydrogen-bond acceptors (Lipinski definition) is 13. The van der Waals surface area contributed by atoms with Crippen molar-refractivity contribution in [2.45, 2.75) is 200 Å². The molecule has 1 N–H and O–H groups in total. The molecule has 1 amide bonds. The standard InChI is InChI=1S/C19H32BN3O4.C15H26BN3O2.C14H24BN3O2.CH3Cl.ClH/c1-17(2,3)25-16(24)22-10-8-15(9-11-22)23-13-14(12-21-23)20-26-18(4,5)19(6,7)27-20;1-14(2)15(3,4)21-16(20-14)12-10-17-19(11-12)13-6-8-18(5)9-7-13;1-13(2)14(3,4)20-15(19-13)11-9-17-18(10-11)12-5-7-16-8-6-12;1-2;/h12-13,15H,8-11H2,1-7H3;10-11,13H,6-9H2,1-5H3;9-10,12,16H,5-8H2,1-4H3;1H3;1H. The Morgan fingerprint density at radius 3 is 1.14 bits per heavy atom. The second-order valence-electron chi connectivity index (χ2n) is 23.7. The van der Waals surface area contributed by atoms with Crippen LogP contribution in [0.4, 0.5) is 4.79 Å². The van der Waals surface area contributed by atoms with Gasteiger partial charge < -0.3 is 47.8 Å². The Morgan fingerprint density at radius 1 is 0.563 bits per heavy atom. The molecule has 71 heavy (non-hydrogen) atoms. The van der Waals surface area contributed by atoms with E-state index in [1.165, 1.54) is 6.38 Å². The molecule has 6 saturated heterocycles. The van der Waals surface area contributed by atoms with Gasteiger partial charge in [0.25, 0.3) is 0 Å². The SMILES string of the molecule is CC(C)(C)OC(=O)N1CCC(n2cc(B3OC(C)(C)C(C)(C)O3)cn2)CC1.CC1(C)OB(c2cnn(C3CCNCC3)c2)OC1(C)C.CCl.CN1CCC(n2cc(B3OC(C)(C)C(C)(C)O3)cn2)CC1.Cl. The molecular weight excluding hydrogens is 946 g/mol. The Labute approximate surface area is 437 Å². The van der Waals surface area contributed by atoms with Gasteiger partial charge in [-0.1, -0.05) is 0 Å². The van der Waals surface area contributed by atoms with Crippen molar-refractivity contribution < 1.29 is 37.5 Å². The number of amides is 1. The van der Waals surface area contributed by atoms with Crippen molar-refractivity contribution in [1.29, 1.82) is 0 Å². The lowest BCUT2D eigenvalue weighted by Gasteiger charge is -2.33. The van der Waals surface area contributed by atoms with Gasteiger partial charge in [0.05, 0.1) is 51.7 Å². The molecule has 0 aliphatic carbocycles. The van der Waals surface area contributed by atoms with Crippen LogP contribution >= 0.6 is 24.0 Å². The van der Waals surface area contributed by atoms with Crippen LogP contribution in [0.2, 0.25) is 0 Å². The van der Waals surface area contributed by atoms with Crippen molar-refractivity contribution in [2.24, 2.45) is 0 Å². The first-order valence-corrected chi connectivity index (χ1v) is 26.2. The molecule has 3 aromatic heterocycles. The first kappa shape index (κ1) is 59.2. The molecule has 0 atom stereocenters. The third kappa shape index (κ3) is 14.2. The summed E-state index contributed by atoms with van der Waals surface area (Å²) >= 11 is 4.64. The molecule has 3 aromatic rings. The summed E-state index contributed by atoms with van der Waals surface area (Å²) in [5.74, 6) is 0. The molecule has 9 rings (SSSR count). The van der Waals surface area contributed by atoms with Crippen LogP contribution in [-0.4, -0.2) is 158 Å². The summed E-state index contributed by atoms with van der Waals surface area (Å²) in [4.78, 5) is 16.4. The van der Waals surface area contributed by atoms with Gasteiger partial charge in [0, 0.05) is 73.0 Å². The van der Waals surface area contributed by atoms with E-state index in [9.17, 15) is 4.79 Å². The van der Waals surface area contributed by atoms with Gasteiger partial charge >= 0.3 is 27.4 Å². The van der Waals surface area contributed by atoms with Crippen LogP contribution in [0.3, 0.4) is 0 Å². The first-order chi connectivity index (χ1) is 32.6. The number of carbonyl (C=O) groups excluding carboxylic acids is 1. The van der Waals surface area contributed by atoms with Gasteiger partial charge in [-0.2, -0.15) is 15.3 Å². The van der Waals surface area contributed by atoms with Crippen molar-refractivity contribution in [3.8, 4) is 0 Å². The number of aromatic nitrogens is 6. The molecule has 0 unspecified atom stereocenters. The second-order valence-corrected chi connectivity index (χ2v) is 23.7. The Kier molecular flexibility index (Phi) is 19.3. The summed E-state index contributed by atoms with van der Waals surface area (Å²) in [7, 11) is 1.16. The van der Waals surface area contributed by atoms with E-state index in [1.54, 1.807) is 4.90 Å². The molecule has 6 fully saturated rings. The summed E-state index contributed by atoms with van der Waals surface area (Å²) in [6.07, 6.45) is 19.3.